The van der Waals surface area contributed by atoms with Gasteiger partial charge >= 0.3 is 0 Å². The molecule has 0 aliphatic carbocycles. The van der Waals surface area contributed by atoms with Gasteiger partial charge in [0.1, 0.15) is 11.7 Å². The minimum atomic E-state index is -0.394. The summed E-state index contributed by atoms with van der Waals surface area (Å²) >= 11 is 0. The molecule has 8 heteroatoms. The summed E-state index contributed by atoms with van der Waals surface area (Å²) in [6, 6.07) is 6.29. The lowest BCUT2D eigenvalue weighted by atomic mass is 10.1. The normalized spacial score (nSPS) is 15.4. The van der Waals surface area contributed by atoms with Crippen molar-refractivity contribution < 1.29 is 14.0 Å². The van der Waals surface area contributed by atoms with Crippen LogP contribution in [0.5, 0.6) is 6.01 Å². The van der Waals surface area contributed by atoms with E-state index in [4.69, 9.17) is 9.57 Å². The molecule has 1 aromatic carbocycles. The molecule has 25 heavy (non-hydrogen) atoms. The van der Waals surface area contributed by atoms with Crippen LogP contribution in [0.3, 0.4) is 0 Å². The van der Waals surface area contributed by atoms with Crippen LogP contribution in [0.15, 0.2) is 34.1 Å². The van der Waals surface area contributed by atoms with Gasteiger partial charge in [-0.1, -0.05) is 18.7 Å². The number of hydrogen-bond acceptors (Lipinski definition) is 6. The van der Waals surface area contributed by atoms with Crippen molar-refractivity contribution in [3.63, 3.8) is 0 Å². The third kappa shape index (κ3) is 3.37. The molecule has 7 nitrogen and oxygen atoms in total. The molecular weight excluding hydrogens is 327 g/mol. The predicted octanol–water partition coefficient (Wildman–Crippen LogP) is -0.0299. The number of benzene rings is 1. The lowest BCUT2D eigenvalue weighted by Crippen LogP contribution is -2.46. The van der Waals surface area contributed by atoms with Crippen LogP contribution in [0.1, 0.15) is 12.5 Å². The van der Waals surface area contributed by atoms with Crippen molar-refractivity contribution >= 4 is 18.3 Å². The molecule has 0 atom stereocenters. The maximum atomic E-state index is 13.0. The van der Waals surface area contributed by atoms with Gasteiger partial charge < -0.3 is 9.57 Å². The number of rotatable bonds is 4. The largest absolute Gasteiger partial charge is 0.465 e. The summed E-state index contributed by atoms with van der Waals surface area (Å²) in [7, 11) is 1.65. The Morgan fingerprint density at radius 1 is 1.36 bits per heavy atom. The zero-order chi connectivity index (χ0) is 18.0. The smallest absolute Gasteiger partial charge is 0.297 e. The van der Waals surface area contributed by atoms with Crippen molar-refractivity contribution in [2.24, 2.45) is 12.0 Å². The Balaban J connectivity index is 2.01. The van der Waals surface area contributed by atoms with Gasteiger partial charge in [0, 0.05) is 13.5 Å². The molecule has 0 amide bonds. The molecule has 0 unspecified atom stereocenters. The van der Waals surface area contributed by atoms with Crippen LogP contribution in [0, 0.1) is 5.82 Å². The summed E-state index contributed by atoms with van der Waals surface area (Å²) in [5, 5.41) is 0.236. The lowest BCUT2D eigenvalue weighted by molar-refractivity contribution is 0.226. The molecule has 0 bridgehead atoms. The molecule has 3 rings (SSSR count). The third-order valence-corrected chi connectivity index (χ3v) is 3.64. The summed E-state index contributed by atoms with van der Waals surface area (Å²) in [5.41, 5.74) is 3.11. The summed E-state index contributed by atoms with van der Waals surface area (Å²) < 4.78 is 19.8. The minimum absolute atomic E-state index is 0.0214. The van der Waals surface area contributed by atoms with E-state index in [1.54, 1.807) is 19.2 Å². The summed E-state index contributed by atoms with van der Waals surface area (Å²) in [6.45, 7) is 5.96. The molecule has 1 aromatic heterocycles. The Kier molecular flexibility index (Phi) is 4.51. The highest BCUT2D eigenvalue weighted by Gasteiger charge is 2.17. The van der Waals surface area contributed by atoms with Gasteiger partial charge in [0.05, 0.1) is 12.0 Å². The van der Waals surface area contributed by atoms with Crippen LogP contribution in [-0.4, -0.2) is 22.0 Å². The van der Waals surface area contributed by atoms with Crippen LogP contribution in [0.25, 0.3) is 12.5 Å². The van der Waals surface area contributed by atoms with Gasteiger partial charge in [-0.3, -0.25) is 9.36 Å². The zero-order valence-electron chi connectivity index (χ0n) is 13.9. The number of halogens is 1. The van der Waals surface area contributed by atoms with Gasteiger partial charge in [0.2, 0.25) is 5.43 Å². The molecule has 0 saturated heterocycles. The molecule has 0 saturated carbocycles. The number of nitrogens with zero attached hydrogens (tertiary/aromatic N) is 3. The monoisotopic (exact) mass is 344 g/mol. The van der Waals surface area contributed by atoms with Gasteiger partial charge in [-0.15, -0.1) is 0 Å². The zero-order valence-corrected chi connectivity index (χ0v) is 13.9. The standard InChI is InChI=1S/C17H17FN4O3/c1-4-24-17-20-14(15(23)10(2)22(17)3)16-19-13(21-25-16)9-11-5-7-12(18)8-6-11/h5-8H,2,4,9H2,1,3H3,(H,19,21). The molecule has 2 aromatic rings. The maximum Gasteiger partial charge on any atom is 0.297 e. The number of hydroxylamine groups is 1. The van der Waals surface area contributed by atoms with Crippen molar-refractivity contribution in [2.45, 2.75) is 13.3 Å². The van der Waals surface area contributed by atoms with E-state index in [2.05, 4.69) is 22.0 Å². The second-order valence-electron chi connectivity index (χ2n) is 5.38. The molecule has 1 aliphatic rings. The first-order chi connectivity index (χ1) is 12.0. The number of ether oxygens (including phenoxy) is 1. The third-order valence-electron chi connectivity index (χ3n) is 3.64. The maximum absolute atomic E-state index is 13.0. The average molecular weight is 344 g/mol. The summed E-state index contributed by atoms with van der Waals surface area (Å²) in [5.74, 6) is 0.227. The van der Waals surface area contributed by atoms with E-state index in [0.717, 1.165) is 5.56 Å². The fourth-order valence-electron chi connectivity index (χ4n) is 2.28. The highest BCUT2D eigenvalue weighted by molar-refractivity contribution is 5.88. The van der Waals surface area contributed by atoms with Crippen LogP contribution in [-0.2, 0) is 18.3 Å². The lowest BCUT2D eigenvalue weighted by Gasteiger charge is -2.07. The first-order valence-corrected chi connectivity index (χ1v) is 7.67. The Labute approximate surface area is 142 Å². The topological polar surface area (TPSA) is 77.7 Å². The number of hydrogen-bond donors (Lipinski definition) is 1. The molecule has 0 radical (unpaired) electrons. The van der Waals surface area contributed by atoms with Crippen LogP contribution in [0.4, 0.5) is 4.39 Å². The Hall–Kier alpha value is -3.16. The van der Waals surface area contributed by atoms with Gasteiger partial charge in [0.15, 0.2) is 5.35 Å². The molecule has 130 valence electrons. The quantitative estimate of drug-likeness (QED) is 0.843. The van der Waals surface area contributed by atoms with E-state index in [1.807, 2.05) is 6.92 Å². The highest BCUT2D eigenvalue weighted by Crippen LogP contribution is 2.09. The summed E-state index contributed by atoms with van der Waals surface area (Å²) in [4.78, 5) is 26.1. The van der Waals surface area contributed by atoms with E-state index in [0.29, 0.717) is 18.9 Å². The Morgan fingerprint density at radius 2 is 2.08 bits per heavy atom. The second kappa shape index (κ2) is 6.76. The minimum Gasteiger partial charge on any atom is -0.465 e. The van der Waals surface area contributed by atoms with Crippen molar-refractivity contribution in [1.29, 1.82) is 0 Å². The molecule has 1 aliphatic heterocycles. The number of aliphatic imine (C=N–C) groups is 1. The van der Waals surface area contributed by atoms with Crippen molar-refractivity contribution in [3.05, 3.63) is 56.6 Å². The SMILES string of the molecule is C=c1c(=O)c(=C2N=C(Cc3ccc(F)cc3)NO2)nc(OCC)n1C. The first-order valence-electron chi connectivity index (χ1n) is 7.67. The number of amidine groups is 1. The van der Waals surface area contributed by atoms with Crippen molar-refractivity contribution in [1.82, 2.24) is 15.0 Å². The van der Waals surface area contributed by atoms with Crippen LogP contribution >= 0.6 is 0 Å². The predicted molar refractivity (Wildman–Crippen MR) is 90.6 cm³/mol. The second-order valence-corrected chi connectivity index (χ2v) is 5.38. The van der Waals surface area contributed by atoms with Crippen LogP contribution < -0.4 is 26.3 Å². The number of aromatic nitrogens is 2. The average Bonchev–Trinajstić information content (AvgIpc) is 3.06. The fourth-order valence-corrected chi connectivity index (χ4v) is 2.28. The van der Waals surface area contributed by atoms with E-state index in [1.165, 1.54) is 16.7 Å². The van der Waals surface area contributed by atoms with Gasteiger partial charge in [0.25, 0.3) is 11.9 Å². The molecule has 0 spiro atoms. The van der Waals surface area contributed by atoms with Gasteiger partial charge in [-0.25, -0.2) is 9.87 Å². The van der Waals surface area contributed by atoms with Crippen molar-refractivity contribution in [2.75, 3.05) is 6.61 Å². The number of nitrogens with one attached hydrogen (secondary N) is 1. The van der Waals surface area contributed by atoms with E-state index in [9.17, 15) is 9.18 Å². The Bertz CT molecular complexity index is 996. The highest BCUT2D eigenvalue weighted by atomic mass is 19.1. The van der Waals surface area contributed by atoms with Crippen molar-refractivity contribution in [3.8, 4) is 6.01 Å². The first kappa shape index (κ1) is 16.7. The summed E-state index contributed by atoms with van der Waals surface area (Å²) in [6.07, 6.45) is 0.397. The fraction of sp³-hybridized carbons (Fsp3) is 0.235. The molecular formula is C17H17FN4O3. The van der Waals surface area contributed by atoms with Crippen LogP contribution in [0.2, 0.25) is 0 Å². The Morgan fingerprint density at radius 3 is 2.76 bits per heavy atom. The van der Waals surface area contributed by atoms with E-state index >= 15 is 0 Å². The molecule has 0 fully saturated rings. The van der Waals surface area contributed by atoms with Gasteiger partial charge in [-0.05, 0) is 24.6 Å². The molecule has 1 N–H and O–H groups in total. The molecule has 2 heterocycles. The van der Waals surface area contributed by atoms with E-state index in [-0.39, 0.29) is 28.4 Å². The van der Waals surface area contributed by atoms with Gasteiger partial charge in [-0.2, -0.15) is 9.98 Å². The van der Waals surface area contributed by atoms with E-state index < -0.39 is 5.43 Å².